The van der Waals surface area contributed by atoms with E-state index in [0.29, 0.717) is 19.1 Å². The van der Waals surface area contributed by atoms with Crippen LogP contribution >= 0.6 is 0 Å². The first-order valence-corrected chi connectivity index (χ1v) is 5.94. The third-order valence-corrected chi connectivity index (χ3v) is 2.49. The first kappa shape index (κ1) is 13.2. The van der Waals surface area contributed by atoms with Gasteiger partial charge in [0.05, 0.1) is 13.2 Å². The number of nitrogens with one attached hydrogen (secondary N) is 1. The van der Waals surface area contributed by atoms with E-state index in [-0.39, 0.29) is 5.97 Å². The topological polar surface area (TPSA) is 47.6 Å². The van der Waals surface area contributed by atoms with Gasteiger partial charge in [-0.2, -0.15) is 0 Å². The maximum Gasteiger partial charge on any atom is 0.330 e. The maximum atomic E-state index is 11.0. The Morgan fingerprint density at radius 2 is 2.50 bits per heavy atom. The number of carbonyl (C=O) groups is 1. The summed E-state index contributed by atoms with van der Waals surface area (Å²) in [7, 11) is 0. The lowest BCUT2D eigenvalue weighted by Crippen LogP contribution is -2.29. The van der Waals surface area contributed by atoms with Crippen molar-refractivity contribution in [2.45, 2.75) is 19.8 Å². The van der Waals surface area contributed by atoms with Crippen molar-refractivity contribution in [3.63, 3.8) is 0 Å². The Labute approximate surface area is 97.0 Å². The van der Waals surface area contributed by atoms with E-state index in [2.05, 4.69) is 5.32 Å². The third-order valence-electron chi connectivity index (χ3n) is 2.49. The third kappa shape index (κ3) is 5.88. The second kappa shape index (κ2) is 8.30. The molecular weight excluding hydrogens is 206 g/mol. The van der Waals surface area contributed by atoms with Crippen molar-refractivity contribution in [3.8, 4) is 0 Å². The number of ether oxygens (including phenoxy) is 2. The SMILES string of the molecule is CCOC(=O)/C=C/CNCC1CCCOC1. The monoisotopic (exact) mass is 227 g/mol. The summed E-state index contributed by atoms with van der Waals surface area (Å²) in [6.45, 7) is 5.64. The Morgan fingerprint density at radius 1 is 1.62 bits per heavy atom. The van der Waals surface area contributed by atoms with Crippen LogP contribution in [0, 0.1) is 5.92 Å². The first-order chi connectivity index (χ1) is 7.83. The van der Waals surface area contributed by atoms with Crippen LogP contribution < -0.4 is 5.32 Å². The van der Waals surface area contributed by atoms with Gasteiger partial charge in [0.15, 0.2) is 0 Å². The normalized spacial score (nSPS) is 21.2. The van der Waals surface area contributed by atoms with E-state index in [1.807, 2.05) is 0 Å². The van der Waals surface area contributed by atoms with Crippen LogP contribution in [0.1, 0.15) is 19.8 Å². The van der Waals surface area contributed by atoms with Gasteiger partial charge in [-0.05, 0) is 25.7 Å². The van der Waals surface area contributed by atoms with Crippen LogP contribution in [0.15, 0.2) is 12.2 Å². The van der Waals surface area contributed by atoms with E-state index < -0.39 is 0 Å². The first-order valence-electron chi connectivity index (χ1n) is 5.94. The van der Waals surface area contributed by atoms with E-state index in [4.69, 9.17) is 9.47 Å². The molecule has 0 aromatic carbocycles. The summed E-state index contributed by atoms with van der Waals surface area (Å²) in [4.78, 5) is 11.0. The maximum absolute atomic E-state index is 11.0. The summed E-state index contributed by atoms with van der Waals surface area (Å²) in [5.74, 6) is 0.343. The molecule has 0 amide bonds. The molecular formula is C12H21NO3. The molecule has 0 radical (unpaired) electrons. The molecule has 0 aliphatic carbocycles. The van der Waals surface area contributed by atoms with E-state index in [1.54, 1.807) is 13.0 Å². The molecule has 92 valence electrons. The minimum absolute atomic E-state index is 0.273. The second-order valence-electron chi connectivity index (χ2n) is 3.90. The van der Waals surface area contributed by atoms with Gasteiger partial charge >= 0.3 is 5.97 Å². The van der Waals surface area contributed by atoms with Crippen LogP contribution in [-0.2, 0) is 14.3 Å². The van der Waals surface area contributed by atoms with Gasteiger partial charge in [0.1, 0.15) is 0 Å². The van der Waals surface area contributed by atoms with Crippen molar-refractivity contribution in [2.24, 2.45) is 5.92 Å². The Morgan fingerprint density at radius 3 is 3.19 bits per heavy atom. The smallest absolute Gasteiger partial charge is 0.330 e. The van der Waals surface area contributed by atoms with E-state index in [0.717, 1.165) is 26.2 Å². The zero-order valence-electron chi connectivity index (χ0n) is 9.91. The zero-order valence-corrected chi connectivity index (χ0v) is 9.91. The van der Waals surface area contributed by atoms with Gasteiger partial charge in [-0.1, -0.05) is 6.08 Å². The highest BCUT2D eigenvalue weighted by atomic mass is 16.5. The van der Waals surface area contributed by atoms with Crippen molar-refractivity contribution in [3.05, 3.63) is 12.2 Å². The Bertz CT molecular complexity index is 222. The van der Waals surface area contributed by atoms with Crippen molar-refractivity contribution in [2.75, 3.05) is 32.9 Å². The highest BCUT2D eigenvalue weighted by molar-refractivity contribution is 5.81. The van der Waals surface area contributed by atoms with Crippen LogP contribution in [0.2, 0.25) is 0 Å². The number of hydrogen-bond acceptors (Lipinski definition) is 4. The summed E-state index contributed by atoms with van der Waals surface area (Å²) >= 11 is 0. The van der Waals surface area contributed by atoms with Crippen molar-refractivity contribution in [1.82, 2.24) is 5.32 Å². The highest BCUT2D eigenvalue weighted by Crippen LogP contribution is 2.11. The summed E-state index contributed by atoms with van der Waals surface area (Å²) in [6, 6.07) is 0. The molecule has 1 heterocycles. The molecule has 0 bridgehead atoms. The van der Waals surface area contributed by atoms with Gasteiger partial charge < -0.3 is 14.8 Å². The number of rotatable bonds is 6. The molecule has 16 heavy (non-hydrogen) atoms. The van der Waals surface area contributed by atoms with E-state index >= 15 is 0 Å². The molecule has 1 unspecified atom stereocenters. The Kier molecular flexibility index (Phi) is 6.85. The van der Waals surface area contributed by atoms with Gasteiger partial charge in [-0.15, -0.1) is 0 Å². The predicted octanol–water partition coefficient (Wildman–Crippen LogP) is 1.12. The number of hydrogen-bond donors (Lipinski definition) is 1. The molecule has 1 aliphatic rings. The molecule has 4 nitrogen and oxygen atoms in total. The lowest BCUT2D eigenvalue weighted by Gasteiger charge is -2.21. The molecule has 4 heteroatoms. The zero-order chi connectivity index (χ0) is 11.6. The van der Waals surface area contributed by atoms with Crippen LogP contribution in [0.3, 0.4) is 0 Å². The largest absolute Gasteiger partial charge is 0.463 e. The van der Waals surface area contributed by atoms with Crippen LogP contribution in [0.5, 0.6) is 0 Å². The molecule has 1 saturated heterocycles. The summed E-state index contributed by atoms with van der Waals surface area (Å²) in [5, 5.41) is 3.28. The summed E-state index contributed by atoms with van der Waals surface area (Å²) in [6.07, 6.45) is 5.65. The molecule has 0 aromatic heterocycles. The average molecular weight is 227 g/mol. The standard InChI is InChI=1S/C12H21NO3/c1-2-16-12(14)6-3-7-13-9-11-5-4-8-15-10-11/h3,6,11,13H,2,4-5,7-10H2,1H3/b6-3+. The van der Waals surface area contributed by atoms with Crippen molar-refractivity contribution >= 4 is 5.97 Å². The van der Waals surface area contributed by atoms with Gasteiger partial charge in [-0.3, -0.25) is 0 Å². The van der Waals surface area contributed by atoms with Gasteiger partial charge in [-0.25, -0.2) is 4.79 Å². The number of esters is 1. The lowest BCUT2D eigenvalue weighted by atomic mass is 10.0. The highest BCUT2D eigenvalue weighted by Gasteiger charge is 2.12. The van der Waals surface area contributed by atoms with Crippen molar-refractivity contribution in [1.29, 1.82) is 0 Å². The molecule has 1 atom stereocenters. The lowest BCUT2D eigenvalue weighted by molar-refractivity contribution is -0.137. The van der Waals surface area contributed by atoms with E-state index in [1.165, 1.54) is 12.5 Å². The fourth-order valence-electron chi connectivity index (χ4n) is 1.68. The summed E-state index contributed by atoms with van der Waals surface area (Å²) in [5.41, 5.74) is 0. The van der Waals surface area contributed by atoms with Gasteiger partial charge in [0, 0.05) is 25.8 Å². The Hall–Kier alpha value is -0.870. The van der Waals surface area contributed by atoms with E-state index in [9.17, 15) is 4.79 Å². The molecule has 1 aliphatic heterocycles. The molecule has 1 rings (SSSR count). The van der Waals surface area contributed by atoms with Crippen LogP contribution in [0.25, 0.3) is 0 Å². The van der Waals surface area contributed by atoms with Gasteiger partial charge in [0.25, 0.3) is 0 Å². The summed E-state index contributed by atoms with van der Waals surface area (Å²) < 4.78 is 10.1. The van der Waals surface area contributed by atoms with Gasteiger partial charge in [0.2, 0.25) is 0 Å². The molecule has 1 N–H and O–H groups in total. The minimum Gasteiger partial charge on any atom is -0.463 e. The van der Waals surface area contributed by atoms with Crippen molar-refractivity contribution < 1.29 is 14.3 Å². The predicted molar refractivity (Wildman–Crippen MR) is 62.2 cm³/mol. The minimum atomic E-state index is -0.273. The molecule has 0 aromatic rings. The number of carbonyl (C=O) groups excluding carboxylic acids is 1. The van der Waals surface area contributed by atoms with Crippen LogP contribution in [-0.4, -0.2) is 38.9 Å². The average Bonchev–Trinajstić information content (AvgIpc) is 2.30. The molecule has 1 fully saturated rings. The Balaban J connectivity index is 2.00. The molecule has 0 saturated carbocycles. The van der Waals surface area contributed by atoms with Crippen LogP contribution in [0.4, 0.5) is 0 Å². The fourth-order valence-corrected chi connectivity index (χ4v) is 1.68. The second-order valence-corrected chi connectivity index (χ2v) is 3.90. The fraction of sp³-hybridized carbons (Fsp3) is 0.750. The quantitative estimate of drug-likeness (QED) is 0.420. The molecule has 0 spiro atoms.